The zero-order valence-corrected chi connectivity index (χ0v) is 10.9. The fraction of sp³-hybridized carbons (Fsp3) is 0.0769. The van der Waals surface area contributed by atoms with E-state index in [1.807, 2.05) is 0 Å². The Balaban J connectivity index is 2.41. The van der Waals surface area contributed by atoms with Crippen LogP contribution >= 0.6 is 0 Å². The summed E-state index contributed by atoms with van der Waals surface area (Å²) >= 11 is 0. The van der Waals surface area contributed by atoms with Gasteiger partial charge in [-0.05, 0) is 42.8 Å². The molecule has 4 nitrogen and oxygen atoms in total. The van der Waals surface area contributed by atoms with E-state index in [0.29, 0.717) is 5.56 Å². The third-order valence-electron chi connectivity index (χ3n) is 2.57. The monoisotopic (exact) mass is 281 g/mol. The average Bonchev–Trinajstić information content (AvgIpc) is 2.31. The summed E-state index contributed by atoms with van der Waals surface area (Å²) in [5.74, 6) is -0.676. The molecule has 0 saturated heterocycles. The van der Waals surface area contributed by atoms with Crippen LogP contribution in [0.3, 0.4) is 0 Å². The normalized spacial score (nSPS) is 11.3. The Morgan fingerprint density at radius 3 is 2.47 bits per heavy atom. The highest BCUT2D eigenvalue weighted by atomic mass is 32.2. The van der Waals surface area contributed by atoms with Gasteiger partial charge in [0, 0.05) is 0 Å². The van der Waals surface area contributed by atoms with Crippen LogP contribution in [0.15, 0.2) is 47.4 Å². The van der Waals surface area contributed by atoms with Gasteiger partial charge in [-0.25, -0.2) is 12.8 Å². The minimum atomic E-state index is -3.86. The minimum Gasteiger partial charge on any atom is -0.506 e. The predicted molar refractivity (Wildman–Crippen MR) is 70.1 cm³/mol. The highest BCUT2D eigenvalue weighted by Crippen LogP contribution is 2.26. The predicted octanol–water partition coefficient (Wildman–Crippen LogP) is 2.64. The Morgan fingerprint density at radius 1 is 1.16 bits per heavy atom. The Labute approximate surface area is 110 Å². The maximum atomic E-state index is 13.0. The van der Waals surface area contributed by atoms with Gasteiger partial charge in [-0.2, -0.15) is 0 Å². The van der Waals surface area contributed by atoms with E-state index in [1.54, 1.807) is 12.1 Å². The molecule has 6 heteroatoms. The van der Waals surface area contributed by atoms with E-state index >= 15 is 0 Å². The Hall–Kier alpha value is -2.08. The molecule has 2 aromatic rings. The van der Waals surface area contributed by atoms with Crippen LogP contribution in [-0.4, -0.2) is 13.5 Å². The molecule has 0 aliphatic carbocycles. The van der Waals surface area contributed by atoms with Crippen molar-refractivity contribution in [3.63, 3.8) is 0 Å². The first-order valence-electron chi connectivity index (χ1n) is 5.47. The van der Waals surface area contributed by atoms with E-state index in [-0.39, 0.29) is 16.3 Å². The number of anilines is 1. The van der Waals surface area contributed by atoms with Crippen LogP contribution in [0.1, 0.15) is 5.56 Å². The molecule has 0 aliphatic rings. The molecule has 0 heterocycles. The summed E-state index contributed by atoms with van der Waals surface area (Å²) < 4.78 is 39.5. The van der Waals surface area contributed by atoms with Gasteiger partial charge in [0.05, 0.1) is 10.6 Å². The fourth-order valence-electron chi connectivity index (χ4n) is 1.67. The van der Waals surface area contributed by atoms with Crippen molar-refractivity contribution in [2.24, 2.45) is 0 Å². The molecule has 0 aromatic heterocycles. The second-order valence-corrected chi connectivity index (χ2v) is 5.68. The van der Waals surface area contributed by atoms with Crippen molar-refractivity contribution in [3.05, 3.63) is 53.8 Å². The number of para-hydroxylation sites is 2. The number of sulfonamides is 1. The van der Waals surface area contributed by atoms with Crippen molar-refractivity contribution in [2.75, 3.05) is 4.72 Å². The maximum absolute atomic E-state index is 13.0. The van der Waals surface area contributed by atoms with Crippen molar-refractivity contribution >= 4 is 15.7 Å². The molecule has 2 rings (SSSR count). The summed E-state index contributed by atoms with van der Waals surface area (Å²) in [6, 6.07) is 9.38. The van der Waals surface area contributed by atoms with E-state index in [9.17, 15) is 17.9 Å². The van der Waals surface area contributed by atoms with Gasteiger partial charge in [0.25, 0.3) is 10.0 Å². The number of aromatic hydroxyl groups is 1. The lowest BCUT2D eigenvalue weighted by molar-refractivity contribution is 0.477. The third kappa shape index (κ3) is 2.85. The molecule has 0 radical (unpaired) electrons. The average molecular weight is 281 g/mol. The summed E-state index contributed by atoms with van der Waals surface area (Å²) in [4.78, 5) is -0.0304. The van der Waals surface area contributed by atoms with Gasteiger partial charge in [0.1, 0.15) is 11.6 Å². The zero-order chi connectivity index (χ0) is 14.0. The Morgan fingerprint density at radius 2 is 1.84 bits per heavy atom. The molecule has 0 unspecified atom stereocenters. The van der Waals surface area contributed by atoms with Crippen LogP contribution in [0.5, 0.6) is 5.75 Å². The van der Waals surface area contributed by atoms with Crippen LogP contribution < -0.4 is 4.72 Å². The van der Waals surface area contributed by atoms with Crippen molar-refractivity contribution in [2.45, 2.75) is 11.8 Å². The van der Waals surface area contributed by atoms with E-state index in [2.05, 4.69) is 4.72 Å². The quantitative estimate of drug-likeness (QED) is 0.850. The molecule has 0 fully saturated rings. The number of phenols is 1. The molecule has 100 valence electrons. The maximum Gasteiger partial charge on any atom is 0.262 e. The van der Waals surface area contributed by atoms with Crippen LogP contribution in [0.25, 0.3) is 0 Å². The number of aryl methyl sites for hydroxylation is 1. The molecule has 19 heavy (non-hydrogen) atoms. The second kappa shape index (κ2) is 4.89. The molecule has 0 bridgehead atoms. The number of hydrogen-bond acceptors (Lipinski definition) is 3. The van der Waals surface area contributed by atoms with Crippen molar-refractivity contribution in [1.82, 2.24) is 0 Å². The first-order chi connectivity index (χ1) is 8.90. The van der Waals surface area contributed by atoms with Crippen molar-refractivity contribution in [1.29, 1.82) is 0 Å². The van der Waals surface area contributed by atoms with Crippen LogP contribution in [0.2, 0.25) is 0 Å². The number of halogens is 1. The van der Waals surface area contributed by atoms with E-state index in [0.717, 1.165) is 12.1 Å². The van der Waals surface area contributed by atoms with Gasteiger partial charge in [0.15, 0.2) is 0 Å². The third-order valence-corrected chi connectivity index (χ3v) is 4.10. The number of nitrogens with one attached hydrogen (secondary N) is 1. The minimum absolute atomic E-state index is 0.0304. The highest BCUT2D eigenvalue weighted by Gasteiger charge is 2.18. The number of benzene rings is 2. The van der Waals surface area contributed by atoms with Crippen LogP contribution in [-0.2, 0) is 10.0 Å². The van der Waals surface area contributed by atoms with Gasteiger partial charge in [0.2, 0.25) is 0 Å². The summed E-state index contributed by atoms with van der Waals surface area (Å²) in [5.41, 5.74) is 0.370. The van der Waals surface area contributed by atoms with Gasteiger partial charge in [-0.1, -0.05) is 12.1 Å². The Kier molecular flexibility index (Phi) is 3.44. The van der Waals surface area contributed by atoms with Gasteiger partial charge < -0.3 is 5.11 Å². The topological polar surface area (TPSA) is 66.4 Å². The molecular formula is C13H12FNO3S. The lowest BCUT2D eigenvalue weighted by Crippen LogP contribution is -2.14. The van der Waals surface area contributed by atoms with Gasteiger partial charge in [-0.15, -0.1) is 0 Å². The van der Waals surface area contributed by atoms with Gasteiger partial charge in [-0.3, -0.25) is 4.72 Å². The molecule has 0 spiro atoms. The summed E-state index contributed by atoms with van der Waals surface area (Å²) in [5, 5.41) is 9.55. The lowest BCUT2D eigenvalue weighted by atomic mass is 10.2. The second-order valence-electron chi connectivity index (χ2n) is 4.03. The van der Waals surface area contributed by atoms with Gasteiger partial charge >= 0.3 is 0 Å². The smallest absolute Gasteiger partial charge is 0.262 e. The molecule has 2 aromatic carbocycles. The molecular weight excluding hydrogens is 269 g/mol. The molecule has 2 N–H and O–H groups in total. The Bertz CT molecular complexity index is 714. The highest BCUT2D eigenvalue weighted by molar-refractivity contribution is 7.92. The standard InChI is InChI=1S/C13H12FNO3S/c1-9-8-10(14)6-7-13(9)19(17,18)15-11-4-2-3-5-12(11)16/h2-8,15-16H,1H3. The van der Waals surface area contributed by atoms with E-state index < -0.39 is 15.8 Å². The summed E-state index contributed by atoms with van der Waals surface area (Å²) in [7, 11) is -3.86. The largest absolute Gasteiger partial charge is 0.506 e. The van der Waals surface area contributed by atoms with Crippen molar-refractivity contribution in [3.8, 4) is 5.75 Å². The first kappa shape index (κ1) is 13.4. The molecule has 0 atom stereocenters. The lowest BCUT2D eigenvalue weighted by Gasteiger charge is -2.11. The summed E-state index contributed by atoms with van der Waals surface area (Å²) in [6.45, 7) is 1.50. The molecule has 0 saturated carbocycles. The number of phenolic OH excluding ortho intramolecular Hbond substituents is 1. The summed E-state index contributed by atoms with van der Waals surface area (Å²) in [6.07, 6.45) is 0. The fourth-order valence-corrected chi connectivity index (χ4v) is 2.98. The zero-order valence-electron chi connectivity index (χ0n) is 10.1. The van der Waals surface area contributed by atoms with E-state index in [1.165, 1.54) is 25.1 Å². The van der Waals surface area contributed by atoms with E-state index in [4.69, 9.17) is 0 Å². The number of rotatable bonds is 3. The van der Waals surface area contributed by atoms with Crippen molar-refractivity contribution < 1.29 is 17.9 Å². The van der Waals surface area contributed by atoms with Crippen LogP contribution in [0, 0.1) is 12.7 Å². The molecule has 0 amide bonds. The SMILES string of the molecule is Cc1cc(F)ccc1S(=O)(=O)Nc1ccccc1O. The van der Waals surface area contributed by atoms with Crippen LogP contribution in [0.4, 0.5) is 10.1 Å². The first-order valence-corrected chi connectivity index (χ1v) is 6.95. The molecule has 0 aliphatic heterocycles. The number of hydrogen-bond donors (Lipinski definition) is 2.